The third-order valence-electron chi connectivity index (χ3n) is 3.14. The van der Waals surface area contributed by atoms with E-state index in [0.29, 0.717) is 5.56 Å². The Hall–Kier alpha value is -2.15. The number of carbonyl (C=O) groups excluding carboxylic acids is 1. The fraction of sp³-hybridized carbons (Fsp3) is 0.133. The highest BCUT2D eigenvalue weighted by atomic mass is 35.5. The highest BCUT2D eigenvalue weighted by Gasteiger charge is 2.15. The van der Waals surface area contributed by atoms with Gasteiger partial charge in [0.2, 0.25) is 0 Å². The Morgan fingerprint density at radius 3 is 2.48 bits per heavy atom. The van der Waals surface area contributed by atoms with Crippen LogP contribution in [0.25, 0.3) is 0 Å². The number of hydrogen-bond donors (Lipinski definition) is 2. The highest BCUT2D eigenvalue weighted by molar-refractivity contribution is 6.43. The van der Waals surface area contributed by atoms with Gasteiger partial charge in [-0.3, -0.25) is 14.9 Å². The van der Waals surface area contributed by atoms with Crippen LogP contribution in [0.3, 0.4) is 0 Å². The van der Waals surface area contributed by atoms with Crippen molar-refractivity contribution in [1.29, 1.82) is 0 Å². The van der Waals surface area contributed by atoms with E-state index in [1.165, 1.54) is 30.3 Å². The van der Waals surface area contributed by atoms with Crippen LogP contribution in [0.2, 0.25) is 10.0 Å². The van der Waals surface area contributed by atoms with Crippen LogP contribution in [0.4, 0.5) is 5.69 Å². The first-order chi connectivity index (χ1) is 10.9. The number of benzene rings is 2. The normalized spacial score (nSPS) is 11.8. The number of hydrogen-bond acceptors (Lipinski definition) is 4. The van der Waals surface area contributed by atoms with Gasteiger partial charge in [0.25, 0.3) is 11.6 Å². The van der Waals surface area contributed by atoms with Gasteiger partial charge in [0.05, 0.1) is 26.6 Å². The summed E-state index contributed by atoms with van der Waals surface area (Å²) in [7, 11) is 0. The van der Waals surface area contributed by atoms with Gasteiger partial charge in [-0.2, -0.15) is 0 Å². The summed E-state index contributed by atoms with van der Waals surface area (Å²) < 4.78 is 0. The van der Waals surface area contributed by atoms with Crippen molar-refractivity contribution in [3.8, 4) is 0 Å². The van der Waals surface area contributed by atoms with Gasteiger partial charge in [-0.1, -0.05) is 29.3 Å². The molecule has 0 spiro atoms. The number of nitrogens with one attached hydrogen (secondary N) is 1. The van der Waals surface area contributed by atoms with Crippen LogP contribution in [0.15, 0.2) is 42.5 Å². The molecule has 23 heavy (non-hydrogen) atoms. The Morgan fingerprint density at radius 2 is 1.87 bits per heavy atom. The van der Waals surface area contributed by atoms with Crippen LogP contribution in [-0.4, -0.2) is 22.5 Å². The zero-order valence-electron chi connectivity index (χ0n) is 11.7. The van der Waals surface area contributed by atoms with Crippen LogP contribution in [-0.2, 0) is 0 Å². The molecule has 0 radical (unpaired) electrons. The summed E-state index contributed by atoms with van der Waals surface area (Å²) in [5.74, 6) is -0.474. The number of carbonyl (C=O) groups is 1. The average molecular weight is 355 g/mol. The minimum absolute atomic E-state index is 0.0700. The molecule has 1 atom stereocenters. The summed E-state index contributed by atoms with van der Waals surface area (Å²) in [5.41, 5.74) is 0.582. The third-order valence-corrected chi connectivity index (χ3v) is 3.96. The zero-order chi connectivity index (χ0) is 17.0. The number of non-ortho nitro benzene ring substituents is 1. The summed E-state index contributed by atoms with van der Waals surface area (Å²) in [6.07, 6.45) is -1.00. The predicted octanol–water partition coefficient (Wildman–Crippen LogP) is 3.37. The summed E-state index contributed by atoms with van der Waals surface area (Å²) in [4.78, 5) is 22.1. The first-order valence-electron chi connectivity index (χ1n) is 6.54. The standard InChI is InChI=1S/C15H12Cl2N2O4/c16-12-3-1-2-11(14(12)17)15(21)18-8-13(20)9-4-6-10(7-5-9)19(22)23/h1-7,13,20H,8H2,(H,18,21). The summed E-state index contributed by atoms with van der Waals surface area (Å²) in [6, 6.07) is 10.1. The van der Waals surface area contributed by atoms with Crippen molar-refractivity contribution < 1.29 is 14.8 Å². The molecule has 2 N–H and O–H groups in total. The lowest BCUT2D eigenvalue weighted by Crippen LogP contribution is -2.28. The molecule has 120 valence electrons. The van der Waals surface area contributed by atoms with Gasteiger partial charge >= 0.3 is 0 Å². The quantitative estimate of drug-likeness (QED) is 0.635. The van der Waals surface area contributed by atoms with Gasteiger partial charge in [0.1, 0.15) is 0 Å². The first kappa shape index (κ1) is 17.2. The monoisotopic (exact) mass is 354 g/mol. The zero-order valence-corrected chi connectivity index (χ0v) is 13.2. The maximum absolute atomic E-state index is 12.0. The third kappa shape index (κ3) is 4.19. The molecule has 1 unspecified atom stereocenters. The van der Waals surface area contributed by atoms with E-state index in [0.717, 1.165) is 0 Å². The molecule has 2 aromatic rings. The Bertz CT molecular complexity index is 735. The van der Waals surface area contributed by atoms with E-state index in [-0.39, 0.29) is 27.8 Å². The van der Waals surface area contributed by atoms with E-state index < -0.39 is 16.9 Å². The Kier molecular flexibility index (Phi) is 5.54. The fourth-order valence-corrected chi connectivity index (χ4v) is 2.29. The van der Waals surface area contributed by atoms with Crippen LogP contribution in [0, 0.1) is 10.1 Å². The Morgan fingerprint density at radius 1 is 1.22 bits per heavy atom. The summed E-state index contributed by atoms with van der Waals surface area (Å²) in [5, 5.41) is 23.5. The molecule has 0 saturated heterocycles. The molecule has 2 aromatic carbocycles. The van der Waals surface area contributed by atoms with E-state index in [4.69, 9.17) is 23.2 Å². The van der Waals surface area contributed by atoms with Gasteiger partial charge in [-0.05, 0) is 29.8 Å². The van der Waals surface area contributed by atoms with Gasteiger partial charge in [0, 0.05) is 18.7 Å². The molecule has 8 heteroatoms. The summed E-state index contributed by atoms with van der Waals surface area (Å²) in [6.45, 7) is -0.0700. The molecule has 1 amide bonds. The topological polar surface area (TPSA) is 92.5 Å². The second kappa shape index (κ2) is 7.41. The molecular formula is C15H12Cl2N2O4. The Balaban J connectivity index is 2.01. The van der Waals surface area contributed by atoms with Crippen molar-refractivity contribution in [3.05, 3.63) is 73.8 Å². The second-order valence-electron chi connectivity index (χ2n) is 4.68. The van der Waals surface area contributed by atoms with Gasteiger partial charge < -0.3 is 10.4 Å². The number of rotatable bonds is 5. The molecule has 0 aromatic heterocycles. The molecule has 0 saturated carbocycles. The lowest BCUT2D eigenvalue weighted by Gasteiger charge is -2.13. The van der Waals surface area contributed by atoms with Gasteiger partial charge in [0.15, 0.2) is 0 Å². The smallest absolute Gasteiger partial charge is 0.269 e. The van der Waals surface area contributed by atoms with Crippen LogP contribution in [0.5, 0.6) is 0 Å². The molecule has 6 nitrogen and oxygen atoms in total. The number of halogens is 2. The van der Waals surface area contributed by atoms with Crippen molar-refractivity contribution >= 4 is 34.8 Å². The Labute approximate surface area is 141 Å². The largest absolute Gasteiger partial charge is 0.387 e. The van der Waals surface area contributed by atoms with Crippen molar-refractivity contribution in [2.45, 2.75) is 6.10 Å². The summed E-state index contributed by atoms with van der Waals surface area (Å²) >= 11 is 11.8. The van der Waals surface area contributed by atoms with Crippen molar-refractivity contribution in [3.63, 3.8) is 0 Å². The highest BCUT2D eigenvalue weighted by Crippen LogP contribution is 2.25. The SMILES string of the molecule is O=C(NCC(O)c1ccc([N+](=O)[O-])cc1)c1cccc(Cl)c1Cl. The molecule has 0 heterocycles. The molecule has 0 aliphatic carbocycles. The number of amides is 1. The molecule has 0 fully saturated rings. The van der Waals surface area contributed by atoms with E-state index in [9.17, 15) is 20.0 Å². The van der Waals surface area contributed by atoms with Crippen LogP contribution < -0.4 is 5.32 Å². The fourth-order valence-electron chi connectivity index (χ4n) is 1.90. The van der Waals surface area contributed by atoms with Crippen LogP contribution in [0.1, 0.15) is 22.0 Å². The lowest BCUT2D eigenvalue weighted by atomic mass is 10.1. The maximum atomic E-state index is 12.0. The number of nitro groups is 1. The minimum Gasteiger partial charge on any atom is -0.387 e. The number of aliphatic hydroxyl groups excluding tert-OH is 1. The van der Waals surface area contributed by atoms with E-state index >= 15 is 0 Å². The second-order valence-corrected chi connectivity index (χ2v) is 5.46. The molecule has 0 bridgehead atoms. The lowest BCUT2D eigenvalue weighted by molar-refractivity contribution is -0.384. The maximum Gasteiger partial charge on any atom is 0.269 e. The van der Waals surface area contributed by atoms with E-state index in [2.05, 4.69) is 5.32 Å². The number of nitro benzene ring substituents is 1. The van der Waals surface area contributed by atoms with Crippen molar-refractivity contribution in [2.75, 3.05) is 6.54 Å². The molecule has 0 aliphatic heterocycles. The average Bonchev–Trinajstić information content (AvgIpc) is 2.55. The number of aliphatic hydroxyl groups is 1. The van der Waals surface area contributed by atoms with Crippen molar-refractivity contribution in [1.82, 2.24) is 5.32 Å². The molecular weight excluding hydrogens is 343 g/mol. The molecule has 0 aliphatic rings. The van der Waals surface area contributed by atoms with Crippen LogP contribution >= 0.6 is 23.2 Å². The van der Waals surface area contributed by atoms with Gasteiger partial charge in [-0.25, -0.2) is 0 Å². The van der Waals surface area contributed by atoms with Crippen molar-refractivity contribution in [2.24, 2.45) is 0 Å². The van der Waals surface area contributed by atoms with E-state index in [1.54, 1.807) is 12.1 Å². The first-order valence-corrected chi connectivity index (χ1v) is 7.30. The predicted molar refractivity (Wildman–Crippen MR) is 86.9 cm³/mol. The van der Waals surface area contributed by atoms with E-state index in [1.807, 2.05) is 0 Å². The number of nitrogens with zero attached hydrogens (tertiary/aromatic N) is 1. The molecule has 2 rings (SSSR count). The minimum atomic E-state index is -1.00. The van der Waals surface area contributed by atoms with Gasteiger partial charge in [-0.15, -0.1) is 0 Å².